The Balaban J connectivity index is 1.94. The fourth-order valence-electron chi connectivity index (χ4n) is 2.26. The van der Waals surface area contributed by atoms with Gasteiger partial charge in [0, 0.05) is 11.8 Å². The number of hydrogen-bond donors (Lipinski definition) is 1. The van der Waals surface area contributed by atoms with E-state index < -0.39 is 10.0 Å². The number of nitrogens with one attached hydrogen (secondary N) is 1. The monoisotopic (exact) mass is 374 g/mol. The maximum Gasteiger partial charge on any atom is 0.261 e. The minimum atomic E-state index is -3.74. The summed E-state index contributed by atoms with van der Waals surface area (Å²) in [5.74, 6) is 0.732. The first-order valence-electron chi connectivity index (χ1n) is 7.37. The number of nitrogens with zero attached hydrogens (tertiary/aromatic N) is 1. The van der Waals surface area contributed by atoms with Gasteiger partial charge in [0.25, 0.3) is 10.0 Å². The molecule has 0 aliphatic heterocycles. The second kappa shape index (κ2) is 7.13. The molecule has 0 radical (unpaired) electrons. The lowest BCUT2D eigenvalue weighted by molar-refractivity contribution is 0.415. The van der Waals surface area contributed by atoms with Gasteiger partial charge in [-0.05, 0) is 35.9 Å². The summed E-state index contributed by atoms with van der Waals surface area (Å²) in [6, 6.07) is 17.1. The maximum atomic E-state index is 12.5. The molecule has 5 nitrogen and oxygen atoms in total. The third-order valence-electron chi connectivity index (χ3n) is 3.56. The normalized spacial score (nSPS) is 11.1. The third kappa shape index (κ3) is 3.92. The number of methoxy groups -OCH3 is 1. The second-order valence-corrected chi connectivity index (χ2v) is 7.25. The lowest BCUT2D eigenvalue weighted by Crippen LogP contribution is -2.13. The molecule has 25 heavy (non-hydrogen) atoms. The van der Waals surface area contributed by atoms with E-state index in [4.69, 9.17) is 16.3 Å². The minimum absolute atomic E-state index is 0.0803. The Morgan fingerprint density at radius 1 is 1.00 bits per heavy atom. The lowest BCUT2D eigenvalue weighted by atomic mass is 10.1. The Hall–Kier alpha value is -2.57. The van der Waals surface area contributed by atoms with Crippen LogP contribution >= 0.6 is 11.6 Å². The number of anilines is 1. The van der Waals surface area contributed by atoms with Crippen molar-refractivity contribution in [1.82, 2.24) is 4.98 Å². The molecule has 0 bridgehead atoms. The molecule has 3 aromatic rings. The molecule has 0 spiro atoms. The molecule has 2 aromatic carbocycles. The summed E-state index contributed by atoms with van der Waals surface area (Å²) in [5.41, 5.74) is 1.82. The van der Waals surface area contributed by atoms with E-state index in [0.717, 1.165) is 16.9 Å². The number of halogens is 1. The van der Waals surface area contributed by atoms with E-state index in [2.05, 4.69) is 9.71 Å². The Bertz CT molecular complexity index is 975. The Kier molecular flexibility index (Phi) is 4.92. The Labute approximate surface area is 151 Å². The van der Waals surface area contributed by atoms with Crippen molar-refractivity contribution in [2.75, 3.05) is 11.8 Å². The van der Waals surface area contributed by atoms with Crippen LogP contribution in [0.1, 0.15) is 0 Å². The number of pyridine rings is 1. The molecule has 0 aliphatic rings. The van der Waals surface area contributed by atoms with Crippen molar-refractivity contribution in [3.05, 3.63) is 72.0 Å². The van der Waals surface area contributed by atoms with Gasteiger partial charge in [-0.3, -0.25) is 4.72 Å². The first kappa shape index (κ1) is 17.3. The highest BCUT2D eigenvalue weighted by Crippen LogP contribution is 2.29. The van der Waals surface area contributed by atoms with Crippen molar-refractivity contribution in [3.63, 3.8) is 0 Å². The van der Waals surface area contributed by atoms with Crippen molar-refractivity contribution >= 4 is 27.3 Å². The van der Waals surface area contributed by atoms with E-state index in [1.807, 2.05) is 24.3 Å². The zero-order chi connectivity index (χ0) is 17.9. The molecule has 128 valence electrons. The predicted molar refractivity (Wildman–Crippen MR) is 98.5 cm³/mol. The average molecular weight is 375 g/mol. The summed E-state index contributed by atoms with van der Waals surface area (Å²) in [4.78, 5) is 4.24. The van der Waals surface area contributed by atoms with Crippen molar-refractivity contribution in [2.24, 2.45) is 0 Å². The first-order valence-corrected chi connectivity index (χ1v) is 9.23. The largest absolute Gasteiger partial charge is 0.497 e. The fourth-order valence-corrected chi connectivity index (χ4v) is 3.55. The van der Waals surface area contributed by atoms with Crippen molar-refractivity contribution < 1.29 is 13.2 Å². The number of rotatable bonds is 5. The molecular formula is C18H15ClN2O3S. The molecule has 1 heterocycles. The highest BCUT2D eigenvalue weighted by molar-refractivity contribution is 7.92. The molecule has 0 atom stereocenters. The van der Waals surface area contributed by atoms with Crippen LogP contribution in [-0.2, 0) is 10.0 Å². The lowest BCUT2D eigenvalue weighted by Gasteiger charge is -2.11. The predicted octanol–water partition coefficient (Wildman–Crippen LogP) is 4.21. The van der Waals surface area contributed by atoms with Gasteiger partial charge in [-0.25, -0.2) is 13.4 Å². The van der Waals surface area contributed by atoms with Crippen LogP contribution < -0.4 is 9.46 Å². The summed E-state index contributed by atoms with van der Waals surface area (Å²) < 4.78 is 32.6. The topological polar surface area (TPSA) is 68.3 Å². The van der Waals surface area contributed by atoms with Crippen LogP contribution in [0, 0.1) is 0 Å². The van der Waals surface area contributed by atoms with E-state index in [9.17, 15) is 8.42 Å². The van der Waals surface area contributed by atoms with Gasteiger partial charge in [-0.15, -0.1) is 0 Å². The molecule has 0 fully saturated rings. The van der Waals surface area contributed by atoms with Crippen LogP contribution in [0.4, 0.5) is 5.69 Å². The van der Waals surface area contributed by atoms with Crippen molar-refractivity contribution in [2.45, 2.75) is 4.90 Å². The second-order valence-electron chi connectivity index (χ2n) is 5.21. The van der Waals surface area contributed by atoms with Crippen LogP contribution in [-0.4, -0.2) is 20.5 Å². The molecule has 0 aliphatic carbocycles. The molecule has 1 aromatic heterocycles. The van der Waals surface area contributed by atoms with Crippen molar-refractivity contribution in [3.8, 4) is 16.9 Å². The van der Waals surface area contributed by atoms with Crippen LogP contribution in [0.2, 0.25) is 5.15 Å². The quantitative estimate of drug-likeness (QED) is 0.679. The summed E-state index contributed by atoms with van der Waals surface area (Å²) in [7, 11) is -2.15. The average Bonchev–Trinajstić information content (AvgIpc) is 2.64. The number of aromatic nitrogens is 1. The van der Waals surface area contributed by atoms with Crippen LogP contribution in [0.5, 0.6) is 5.75 Å². The zero-order valence-corrected chi connectivity index (χ0v) is 14.9. The minimum Gasteiger partial charge on any atom is -0.497 e. The standard InChI is InChI=1S/C18H15ClN2O3S/c1-24-15-9-7-13(8-10-15)14-11-17(18(19)20-12-14)21-25(22,23)16-5-3-2-4-6-16/h2-12,21H,1H3. The van der Waals surface area contributed by atoms with Gasteiger partial charge in [-0.2, -0.15) is 0 Å². The van der Waals surface area contributed by atoms with Gasteiger partial charge in [-0.1, -0.05) is 41.9 Å². The van der Waals surface area contributed by atoms with E-state index in [1.54, 1.807) is 37.6 Å². The van der Waals surface area contributed by atoms with Crippen LogP contribution in [0.15, 0.2) is 71.8 Å². The maximum absolute atomic E-state index is 12.5. The molecule has 0 saturated heterocycles. The van der Waals surface area contributed by atoms with Gasteiger partial charge in [0.05, 0.1) is 17.7 Å². The highest BCUT2D eigenvalue weighted by Gasteiger charge is 2.16. The summed E-state index contributed by atoms with van der Waals surface area (Å²) in [6.07, 6.45) is 1.59. The number of benzene rings is 2. The molecule has 1 N–H and O–H groups in total. The molecule has 0 amide bonds. The van der Waals surface area contributed by atoms with E-state index in [-0.39, 0.29) is 15.7 Å². The van der Waals surface area contributed by atoms with Gasteiger partial charge < -0.3 is 4.74 Å². The molecular weight excluding hydrogens is 360 g/mol. The third-order valence-corrected chi connectivity index (χ3v) is 5.24. The number of hydrogen-bond acceptors (Lipinski definition) is 4. The number of sulfonamides is 1. The summed E-state index contributed by atoms with van der Waals surface area (Å²) >= 11 is 6.07. The van der Waals surface area contributed by atoms with E-state index in [0.29, 0.717) is 0 Å². The van der Waals surface area contributed by atoms with E-state index >= 15 is 0 Å². The van der Waals surface area contributed by atoms with Gasteiger partial charge in [0.15, 0.2) is 5.15 Å². The molecule has 0 unspecified atom stereocenters. The first-order chi connectivity index (χ1) is 12.0. The number of ether oxygens (including phenoxy) is 1. The van der Waals surface area contributed by atoms with Gasteiger partial charge in [0.2, 0.25) is 0 Å². The highest BCUT2D eigenvalue weighted by atomic mass is 35.5. The zero-order valence-electron chi connectivity index (χ0n) is 13.3. The SMILES string of the molecule is COc1ccc(-c2cnc(Cl)c(NS(=O)(=O)c3ccccc3)c2)cc1. The Morgan fingerprint density at radius 2 is 1.68 bits per heavy atom. The van der Waals surface area contributed by atoms with Gasteiger partial charge >= 0.3 is 0 Å². The fraction of sp³-hybridized carbons (Fsp3) is 0.0556. The van der Waals surface area contributed by atoms with Crippen LogP contribution in [0.3, 0.4) is 0 Å². The Morgan fingerprint density at radius 3 is 2.32 bits per heavy atom. The summed E-state index contributed by atoms with van der Waals surface area (Å²) in [5, 5.41) is 0.0803. The van der Waals surface area contributed by atoms with Crippen molar-refractivity contribution in [1.29, 1.82) is 0 Å². The molecule has 7 heteroatoms. The molecule has 3 rings (SSSR count). The van der Waals surface area contributed by atoms with Crippen LogP contribution in [0.25, 0.3) is 11.1 Å². The summed E-state index contributed by atoms with van der Waals surface area (Å²) in [6.45, 7) is 0. The molecule has 0 saturated carbocycles. The van der Waals surface area contributed by atoms with E-state index in [1.165, 1.54) is 12.1 Å². The van der Waals surface area contributed by atoms with Gasteiger partial charge in [0.1, 0.15) is 5.75 Å². The smallest absolute Gasteiger partial charge is 0.261 e.